The van der Waals surface area contributed by atoms with Crippen molar-refractivity contribution in [2.24, 2.45) is 5.14 Å². The van der Waals surface area contributed by atoms with E-state index >= 15 is 0 Å². The molecule has 0 saturated heterocycles. The van der Waals surface area contributed by atoms with E-state index in [1.807, 2.05) is 0 Å². The van der Waals surface area contributed by atoms with Crippen LogP contribution in [0.4, 0.5) is 5.69 Å². The van der Waals surface area contributed by atoms with Crippen molar-refractivity contribution in [3.8, 4) is 0 Å². The largest absolute Gasteiger partial charge is 0.487 e. The first-order chi connectivity index (χ1) is 11.8. The third kappa shape index (κ3) is 2.90. The molecule has 2 aromatic carbocycles. The predicted molar refractivity (Wildman–Crippen MR) is 94.9 cm³/mol. The maximum absolute atomic E-state index is 12.4. The number of benzene rings is 2. The molecule has 2 aliphatic heterocycles. The van der Waals surface area contributed by atoms with E-state index in [1.54, 1.807) is 36.4 Å². The zero-order valence-corrected chi connectivity index (χ0v) is 14.4. The van der Waals surface area contributed by atoms with Crippen LogP contribution in [-0.2, 0) is 31.9 Å². The van der Waals surface area contributed by atoms with Crippen LogP contribution in [0.5, 0.6) is 0 Å². The molecule has 0 radical (unpaired) electrons. The summed E-state index contributed by atoms with van der Waals surface area (Å²) in [6.45, 7) is 0.313. The zero-order valence-electron chi connectivity index (χ0n) is 12.9. The summed E-state index contributed by atoms with van der Waals surface area (Å²) in [7, 11) is -3.65. The van der Waals surface area contributed by atoms with Gasteiger partial charge in [-0.05, 0) is 29.8 Å². The first-order valence-electron chi connectivity index (χ1n) is 7.43. The van der Waals surface area contributed by atoms with E-state index in [-0.39, 0.29) is 11.7 Å². The van der Waals surface area contributed by atoms with Gasteiger partial charge in [0.05, 0.1) is 11.3 Å². The summed E-state index contributed by atoms with van der Waals surface area (Å²) in [4.78, 5) is 12.4. The highest BCUT2D eigenvalue weighted by Crippen LogP contribution is 2.42. The van der Waals surface area contributed by atoms with Gasteiger partial charge in [-0.15, -0.1) is 0 Å². The van der Waals surface area contributed by atoms with Gasteiger partial charge in [-0.2, -0.15) is 0 Å². The normalized spacial score (nSPS) is 18.6. The van der Waals surface area contributed by atoms with Gasteiger partial charge in [-0.1, -0.05) is 23.7 Å². The van der Waals surface area contributed by atoms with Crippen molar-refractivity contribution < 1.29 is 17.9 Å². The number of ether oxygens (including phenoxy) is 1. The molecular weight excluding hydrogens is 364 g/mol. The number of carbonyl (C=O) groups is 1. The van der Waals surface area contributed by atoms with Gasteiger partial charge in [0.2, 0.25) is 10.0 Å². The molecule has 2 aromatic rings. The van der Waals surface area contributed by atoms with Crippen molar-refractivity contribution in [1.82, 2.24) is 0 Å². The van der Waals surface area contributed by atoms with Crippen LogP contribution in [0.3, 0.4) is 0 Å². The van der Waals surface area contributed by atoms with Gasteiger partial charge < -0.3 is 10.1 Å². The number of fused-ring (bicyclic) bond motifs is 2. The van der Waals surface area contributed by atoms with Crippen molar-refractivity contribution in [3.63, 3.8) is 0 Å². The molecule has 0 unspecified atom stereocenters. The van der Waals surface area contributed by atoms with Gasteiger partial charge in [0.25, 0.3) is 5.91 Å². The molecule has 0 spiro atoms. The minimum absolute atomic E-state index is 0.280. The maximum atomic E-state index is 12.4. The third-order valence-electron chi connectivity index (χ3n) is 4.11. The van der Waals surface area contributed by atoms with Crippen LogP contribution < -0.4 is 10.5 Å². The lowest BCUT2D eigenvalue weighted by Gasteiger charge is -2.07. The van der Waals surface area contributed by atoms with Crippen molar-refractivity contribution in [2.75, 3.05) is 5.32 Å². The Balaban J connectivity index is 1.88. The van der Waals surface area contributed by atoms with Crippen molar-refractivity contribution in [2.45, 2.75) is 12.4 Å². The molecule has 0 bridgehead atoms. The molecule has 4 rings (SSSR count). The molecule has 6 nitrogen and oxygen atoms in total. The fourth-order valence-corrected chi connectivity index (χ4v) is 3.90. The highest BCUT2D eigenvalue weighted by Gasteiger charge is 2.32. The highest BCUT2D eigenvalue weighted by molar-refractivity contribution is 7.88. The van der Waals surface area contributed by atoms with Crippen LogP contribution >= 0.6 is 11.6 Å². The fraction of sp³-hybridized carbons (Fsp3) is 0.118. The second kappa shape index (κ2) is 5.59. The van der Waals surface area contributed by atoms with E-state index in [0.717, 1.165) is 5.56 Å². The maximum Gasteiger partial charge on any atom is 0.260 e. The Hall–Kier alpha value is -2.35. The summed E-state index contributed by atoms with van der Waals surface area (Å²) in [6.07, 6.45) is 0. The van der Waals surface area contributed by atoms with E-state index in [0.29, 0.717) is 45.3 Å². The van der Waals surface area contributed by atoms with Crippen LogP contribution in [0.25, 0.3) is 11.3 Å². The van der Waals surface area contributed by atoms with E-state index < -0.39 is 10.0 Å². The van der Waals surface area contributed by atoms with Gasteiger partial charge in [-0.3, -0.25) is 4.79 Å². The van der Waals surface area contributed by atoms with Crippen molar-refractivity contribution >= 4 is 44.6 Å². The van der Waals surface area contributed by atoms with Gasteiger partial charge in [-0.25, -0.2) is 13.6 Å². The highest BCUT2D eigenvalue weighted by atomic mass is 35.5. The second-order valence-electron chi connectivity index (χ2n) is 5.94. The first-order valence-corrected chi connectivity index (χ1v) is 9.52. The minimum Gasteiger partial charge on any atom is -0.487 e. The Kier molecular flexibility index (Phi) is 3.61. The van der Waals surface area contributed by atoms with Crippen LogP contribution in [0, 0.1) is 0 Å². The number of nitrogens with two attached hydrogens (primary N) is 1. The summed E-state index contributed by atoms with van der Waals surface area (Å²) in [5.74, 6) is -0.140. The first kappa shape index (κ1) is 16.1. The number of hydrogen-bond donors (Lipinski definition) is 2. The average Bonchev–Trinajstić information content (AvgIpc) is 3.05. The standard InChI is InChI=1S/C17H13ClN2O4S/c18-11-3-4-14-13(6-11)15(17(21)20-14)16-12-5-9(8-25(19,22)23)1-2-10(12)7-24-16/h1-6H,7-8H2,(H,20,21)(H2,19,22,23). The monoisotopic (exact) mass is 376 g/mol. The lowest BCUT2D eigenvalue weighted by molar-refractivity contribution is -0.110. The summed E-state index contributed by atoms with van der Waals surface area (Å²) in [5, 5.41) is 8.41. The Morgan fingerprint density at radius 1 is 1.16 bits per heavy atom. The molecule has 1 amide bonds. The van der Waals surface area contributed by atoms with E-state index in [1.165, 1.54) is 0 Å². The summed E-state index contributed by atoms with van der Waals surface area (Å²) in [6, 6.07) is 10.3. The number of sulfonamides is 1. The van der Waals surface area contributed by atoms with Crippen molar-refractivity contribution in [3.05, 3.63) is 63.7 Å². The third-order valence-corrected chi connectivity index (χ3v) is 5.08. The van der Waals surface area contributed by atoms with Crippen LogP contribution in [-0.4, -0.2) is 14.3 Å². The molecule has 0 aliphatic carbocycles. The number of nitrogens with one attached hydrogen (secondary N) is 1. The van der Waals surface area contributed by atoms with E-state index in [2.05, 4.69) is 5.32 Å². The molecule has 0 fully saturated rings. The van der Waals surface area contributed by atoms with Gasteiger partial charge in [0, 0.05) is 27.4 Å². The van der Waals surface area contributed by atoms with Crippen LogP contribution in [0.2, 0.25) is 5.02 Å². The molecular formula is C17H13ClN2O4S. The SMILES string of the molecule is NS(=O)(=O)Cc1ccc2c(c1)C(=C1C(=O)Nc3ccc(Cl)cc31)OC2. The minimum atomic E-state index is -3.65. The van der Waals surface area contributed by atoms with Gasteiger partial charge in [0.1, 0.15) is 12.4 Å². The molecule has 0 saturated carbocycles. The molecule has 0 aromatic heterocycles. The molecule has 8 heteroatoms. The second-order valence-corrected chi connectivity index (χ2v) is 7.99. The Labute approximate surface area is 149 Å². The average molecular weight is 377 g/mol. The quantitative estimate of drug-likeness (QED) is 0.786. The molecule has 25 heavy (non-hydrogen) atoms. The Morgan fingerprint density at radius 2 is 1.96 bits per heavy atom. The van der Waals surface area contributed by atoms with Gasteiger partial charge >= 0.3 is 0 Å². The number of primary sulfonamides is 1. The summed E-state index contributed by atoms with van der Waals surface area (Å²) in [5.41, 5.74) is 3.83. The molecule has 2 heterocycles. The topological polar surface area (TPSA) is 98.5 Å². The summed E-state index contributed by atoms with van der Waals surface area (Å²) < 4.78 is 28.4. The molecule has 0 atom stereocenters. The smallest absolute Gasteiger partial charge is 0.260 e. The van der Waals surface area contributed by atoms with Gasteiger partial charge in [0.15, 0.2) is 0 Å². The molecule has 128 valence electrons. The summed E-state index contributed by atoms with van der Waals surface area (Å²) >= 11 is 6.06. The number of amides is 1. The van der Waals surface area contributed by atoms with E-state index in [9.17, 15) is 13.2 Å². The van der Waals surface area contributed by atoms with Crippen LogP contribution in [0.15, 0.2) is 36.4 Å². The number of halogens is 1. The number of anilines is 1. The zero-order chi connectivity index (χ0) is 17.8. The molecule has 2 aliphatic rings. The number of hydrogen-bond acceptors (Lipinski definition) is 4. The lowest BCUT2D eigenvalue weighted by Crippen LogP contribution is -2.14. The number of carbonyl (C=O) groups excluding carboxylic acids is 1. The van der Waals surface area contributed by atoms with E-state index in [4.69, 9.17) is 21.5 Å². The lowest BCUT2D eigenvalue weighted by atomic mass is 9.99. The van der Waals surface area contributed by atoms with Crippen LogP contribution in [0.1, 0.15) is 22.3 Å². The fourth-order valence-electron chi connectivity index (χ4n) is 3.08. The Bertz CT molecular complexity index is 1060. The Morgan fingerprint density at radius 3 is 2.72 bits per heavy atom. The predicted octanol–water partition coefficient (Wildman–Crippen LogP) is 2.48. The number of rotatable bonds is 2. The van der Waals surface area contributed by atoms with Crippen molar-refractivity contribution in [1.29, 1.82) is 0 Å². The molecule has 3 N–H and O–H groups in total.